The van der Waals surface area contributed by atoms with Crippen LogP contribution >= 0.6 is 0 Å². The van der Waals surface area contributed by atoms with Crippen LogP contribution in [0.25, 0.3) is 11.0 Å². The second-order valence-corrected chi connectivity index (χ2v) is 6.62. The molecule has 0 bridgehead atoms. The van der Waals surface area contributed by atoms with Gasteiger partial charge in [-0.3, -0.25) is 0 Å². The molecule has 3 rings (SSSR count). The minimum atomic E-state index is -0.406. The molecule has 1 aliphatic rings. The van der Waals surface area contributed by atoms with Crippen molar-refractivity contribution >= 4 is 11.0 Å². The molecule has 0 spiro atoms. The van der Waals surface area contributed by atoms with E-state index in [2.05, 4.69) is 17.1 Å². The molecule has 1 fully saturated rings. The lowest BCUT2D eigenvalue weighted by Crippen LogP contribution is -2.46. The first kappa shape index (κ1) is 17.3. The quantitative estimate of drug-likeness (QED) is 0.815. The zero-order valence-corrected chi connectivity index (χ0v) is 14.6. The summed E-state index contributed by atoms with van der Waals surface area (Å²) in [5, 5.41) is 14.9. The molecule has 0 amide bonds. The van der Waals surface area contributed by atoms with Gasteiger partial charge >= 0.3 is 0 Å². The van der Waals surface area contributed by atoms with Crippen LogP contribution in [0.3, 0.4) is 0 Å². The third kappa shape index (κ3) is 4.09. The molecule has 1 aromatic heterocycles. The lowest BCUT2D eigenvalue weighted by molar-refractivity contribution is 0.0807. The van der Waals surface area contributed by atoms with Crippen molar-refractivity contribution in [3.05, 3.63) is 30.0 Å². The van der Waals surface area contributed by atoms with Crippen LogP contribution in [-0.4, -0.2) is 55.4 Å². The van der Waals surface area contributed by atoms with Crippen molar-refractivity contribution in [3.63, 3.8) is 0 Å². The smallest absolute Gasteiger partial charge is 0.176 e. The van der Waals surface area contributed by atoms with E-state index in [1.807, 2.05) is 31.2 Å². The van der Waals surface area contributed by atoms with Crippen LogP contribution in [-0.2, 0) is 6.42 Å². The molecule has 2 unspecified atom stereocenters. The molecule has 24 heavy (non-hydrogen) atoms. The van der Waals surface area contributed by atoms with Gasteiger partial charge in [0, 0.05) is 44.5 Å². The van der Waals surface area contributed by atoms with E-state index in [0.29, 0.717) is 13.0 Å². The number of rotatable bonds is 7. The van der Waals surface area contributed by atoms with Crippen LogP contribution in [0.1, 0.15) is 19.6 Å². The molecule has 1 saturated heterocycles. The highest BCUT2D eigenvalue weighted by atomic mass is 16.5. The van der Waals surface area contributed by atoms with Gasteiger partial charge in [0.05, 0.1) is 12.7 Å². The van der Waals surface area contributed by atoms with Gasteiger partial charge in [0.25, 0.3) is 0 Å². The second-order valence-electron chi connectivity index (χ2n) is 6.62. The molecule has 2 atom stereocenters. The summed E-state index contributed by atoms with van der Waals surface area (Å²) in [7, 11) is 0. The summed E-state index contributed by atoms with van der Waals surface area (Å²) in [5.74, 6) is 1.80. The number of nitrogens with one attached hydrogen (secondary N) is 1. The number of benzene rings is 1. The summed E-state index contributed by atoms with van der Waals surface area (Å²) in [6.45, 7) is 9.79. The number of nitrogens with zero attached hydrogens (tertiary/aromatic N) is 1. The van der Waals surface area contributed by atoms with Crippen molar-refractivity contribution in [1.82, 2.24) is 10.2 Å². The van der Waals surface area contributed by atoms with Crippen LogP contribution in [0, 0.1) is 5.92 Å². The van der Waals surface area contributed by atoms with Crippen molar-refractivity contribution in [3.8, 4) is 5.75 Å². The van der Waals surface area contributed by atoms with Gasteiger partial charge in [0.1, 0.15) is 5.76 Å². The van der Waals surface area contributed by atoms with E-state index < -0.39 is 6.10 Å². The Hall–Kier alpha value is -1.56. The maximum Gasteiger partial charge on any atom is 0.176 e. The summed E-state index contributed by atoms with van der Waals surface area (Å²) in [6, 6.07) is 7.92. The maximum atomic E-state index is 10.6. The Morgan fingerprint density at radius 1 is 1.33 bits per heavy atom. The number of fused-ring (bicyclic) bond motifs is 1. The predicted molar refractivity (Wildman–Crippen MR) is 95.6 cm³/mol. The number of furan rings is 1. The van der Waals surface area contributed by atoms with E-state index in [1.165, 1.54) is 0 Å². The number of ether oxygens (including phenoxy) is 1. The average Bonchev–Trinajstić information content (AvgIpc) is 2.99. The van der Waals surface area contributed by atoms with Gasteiger partial charge in [0.15, 0.2) is 11.3 Å². The summed E-state index contributed by atoms with van der Waals surface area (Å²) in [6.07, 6.45) is 0.129. The standard InChI is InChI=1S/C19H28N2O3/c1-3-23-18-6-4-5-15-11-16(24-19(15)18)12-17(22)14(2)13-21-9-7-20-8-10-21/h4-6,11,14,17,20,22H,3,7-10,12-13H2,1-2H3. The van der Waals surface area contributed by atoms with Gasteiger partial charge in [-0.15, -0.1) is 0 Å². The normalized spacial score (nSPS) is 18.6. The van der Waals surface area contributed by atoms with Crippen molar-refractivity contribution in [1.29, 1.82) is 0 Å². The van der Waals surface area contributed by atoms with Crippen LogP contribution in [0.5, 0.6) is 5.75 Å². The van der Waals surface area contributed by atoms with Gasteiger partial charge < -0.3 is 24.5 Å². The van der Waals surface area contributed by atoms with Crippen LogP contribution in [0.4, 0.5) is 0 Å². The van der Waals surface area contributed by atoms with Crippen molar-refractivity contribution < 1.29 is 14.3 Å². The number of aliphatic hydroxyl groups excluding tert-OH is 1. The van der Waals surface area contributed by atoms with Crippen LogP contribution < -0.4 is 10.1 Å². The maximum absolute atomic E-state index is 10.6. The van der Waals surface area contributed by atoms with Gasteiger partial charge in [0.2, 0.25) is 0 Å². The van der Waals surface area contributed by atoms with Gasteiger partial charge in [-0.25, -0.2) is 0 Å². The number of hydrogen-bond acceptors (Lipinski definition) is 5. The van der Waals surface area contributed by atoms with Gasteiger partial charge in [-0.05, 0) is 25.0 Å². The average molecular weight is 332 g/mol. The van der Waals surface area contributed by atoms with E-state index in [4.69, 9.17) is 9.15 Å². The fraction of sp³-hybridized carbons (Fsp3) is 0.579. The molecule has 2 N–H and O–H groups in total. The first-order chi connectivity index (χ1) is 11.7. The van der Waals surface area contributed by atoms with Gasteiger partial charge in [-0.2, -0.15) is 0 Å². The fourth-order valence-corrected chi connectivity index (χ4v) is 3.29. The van der Waals surface area contributed by atoms with Crippen molar-refractivity contribution in [2.45, 2.75) is 26.4 Å². The first-order valence-corrected chi connectivity index (χ1v) is 8.92. The van der Waals surface area contributed by atoms with E-state index in [-0.39, 0.29) is 5.92 Å². The Balaban J connectivity index is 1.64. The summed E-state index contributed by atoms with van der Waals surface area (Å²) in [5.41, 5.74) is 0.774. The van der Waals surface area contributed by atoms with E-state index in [9.17, 15) is 5.11 Å². The number of piperazine rings is 1. The third-order valence-corrected chi connectivity index (χ3v) is 4.68. The lowest BCUT2D eigenvalue weighted by atomic mass is 9.99. The highest BCUT2D eigenvalue weighted by Crippen LogP contribution is 2.29. The zero-order valence-electron chi connectivity index (χ0n) is 14.6. The Kier molecular flexibility index (Phi) is 5.76. The molecular formula is C19H28N2O3. The number of hydrogen-bond donors (Lipinski definition) is 2. The highest BCUT2D eigenvalue weighted by Gasteiger charge is 2.21. The first-order valence-electron chi connectivity index (χ1n) is 8.92. The van der Waals surface area contributed by atoms with Gasteiger partial charge in [-0.1, -0.05) is 19.1 Å². The van der Waals surface area contributed by atoms with E-state index >= 15 is 0 Å². The topological polar surface area (TPSA) is 57.9 Å². The molecule has 2 aromatic rings. The molecule has 5 heteroatoms. The van der Waals surface area contributed by atoms with Crippen molar-refractivity contribution in [2.24, 2.45) is 5.92 Å². The lowest BCUT2D eigenvalue weighted by Gasteiger charge is -2.31. The van der Waals surface area contributed by atoms with Crippen LogP contribution in [0.15, 0.2) is 28.7 Å². The number of para-hydroxylation sites is 1. The fourth-order valence-electron chi connectivity index (χ4n) is 3.29. The molecule has 1 aromatic carbocycles. The third-order valence-electron chi connectivity index (χ3n) is 4.68. The Labute approximate surface area is 143 Å². The highest BCUT2D eigenvalue weighted by molar-refractivity contribution is 5.83. The van der Waals surface area contributed by atoms with Crippen LogP contribution in [0.2, 0.25) is 0 Å². The molecule has 0 saturated carbocycles. The predicted octanol–water partition coefficient (Wildman–Crippen LogP) is 2.28. The zero-order chi connectivity index (χ0) is 16.9. The molecule has 5 nitrogen and oxygen atoms in total. The Morgan fingerprint density at radius 2 is 2.12 bits per heavy atom. The molecule has 1 aliphatic heterocycles. The van der Waals surface area contributed by atoms with E-state index in [0.717, 1.165) is 55.2 Å². The largest absolute Gasteiger partial charge is 0.490 e. The SMILES string of the molecule is CCOc1cccc2cc(CC(O)C(C)CN3CCNCC3)oc12. The molecule has 0 aliphatic carbocycles. The second kappa shape index (κ2) is 8.01. The van der Waals surface area contributed by atoms with Crippen molar-refractivity contribution in [2.75, 3.05) is 39.3 Å². The molecular weight excluding hydrogens is 304 g/mol. The molecule has 132 valence electrons. The summed E-state index contributed by atoms with van der Waals surface area (Å²) < 4.78 is 11.6. The molecule has 2 heterocycles. The molecule has 0 radical (unpaired) electrons. The minimum Gasteiger partial charge on any atom is -0.490 e. The number of aliphatic hydroxyl groups is 1. The summed E-state index contributed by atoms with van der Waals surface area (Å²) >= 11 is 0. The monoisotopic (exact) mass is 332 g/mol. The Morgan fingerprint density at radius 3 is 2.88 bits per heavy atom. The minimum absolute atomic E-state index is 0.211. The van der Waals surface area contributed by atoms with E-state index in [1.54, 1.807) is 0 Å². The Bertz CT molecular complexity index is 649. The summed E-state index contributed by atoms with van der Waals surface area (Å²) in [4.78, 5) is 2.41.